The molecule has 0 atom stereocenters. The van der Waals surface area contributed by atoms with Crippen LogP contribution in [0.5, 0.6) is 0 Å². The van der Waals surface area contributed by atoms with Gasteiger partial charge in [0.2, 0.25) is 0 Å². The van der Waals surface area contributed by atoms with Gasteiger partial charge in [-0.3, -0.25) is 4.98 Å². The zero-order valence-corrected chi connectivity index (χ0v) is 10.7. The van der Waals surface area contributed by atoms with Crippen molar-refractivity contribution in [3.05, 3.63) is 39.1 Å². The summed E-state index contributed by atoms with van der Waals surface area (Å²) in [5.74, 6) is -0.597. The predicted molar refractivity (Wildman–Crippen MR) is 62.9 cm³/mol. The van der Waals surface area contributed by atoms with Gasteiger partial charge in [-0.25, -0.2) is 14.4 Å². The van der Waals surface area contributed by atoms with Gasteiger partial charge in [-0.15, -0.1) is 0 Å². The molecule has 0 saturated heterocycles. The predicted octanol–water partition coefficient (Wildman–Crippen LogP) is 3.75. The van der Waals surface area contributed by atoms with Gasteiger partial charge in [-0.05, 0) is 22.0 Å². The lowest BCUT2D eigenvalue weighted by Gasteiger charge is -2.02. The largest absolute Gasteiger partial charge is 0.263 e. The summed E-state index contributed by atoms with van der Waals surface area (Å²) in [6, 6.07) is 1.73. The molecule has 0 N–H and O–H groups in total. The lowest BCUT2D eigenvalue weighted by atomic mass is 10.3. The van der Waals surface area contributed by atoms with E-state index in [9.17, 15) is 4.39 Å². The Morgan fingerprint density at radius 2 is 1.75 bits per heavy atom. The van der Waals surface area contributed by atoms with E-state index in [1.807, 2.05) is 0 Å². The molecule has 0 saturated carbocycles. The zero-order valence-electron chi connectivity index (χ0n) is 7.59. The number of hydrogen-bond acceptors (Lipinski definition) is 3. The molecule has 0 aliphatic heterocycles. The van der Waals surface area contributed by atoms with Gasteiger partial charge in [-0.1, -0.05) is 23.2 Å². The Labute approximate surface area is 109 Å². The highest BCUT2D eigenvalue weighted by Crippen LogP contribution is 2.24. The van der Waals surface area contributed by atoms with Crippen molar-refractivity contribution in [3.8, 4) is 11.4 Å². The van der Waals surface area contributed by atoms with Crippen LogP contribution in [0.1, 0.15) is 0 Å². The zero-order chi connectivity index (χ0) is 11.7. The minimum atomic E-state index is -0.824. The smallest absolute Gasteiger partial charge is 0.197 e. The van der Waals surface area contributed by atoms with Crippen molar-refractivity contribution in [3.63, 3.8) is 0 Å². The molecule has 0 aliphatic carbocycles. The fraction of sp³-hybridized carbons (Fsp3) is 0. The van der Waals surface area contributed by atoms with Crippen LogP contribution in [0.25, 0.3) is 11.4 Å². The van der Waals surface area contributed by atoms with Crippen LogP contribution in [0.3, 0.4) is 0 Å². The van der Waals surface area contributed by atoms with Crippen molar-refractivity contribution < 1.29 is 4.39 Å². The first-order valence-electron chi connectivity index (χ1n) is 4.07. The first-order chi connectivity index (χ1) is 7.58. The summed E-state index contributed by atoms with van der Waals surface area (Å²) in [4.78, 5) is 11.5. The van der Waals surface area contributed by atoms with E-state index in [4.69, 9.17) is 23.2 Å². The second-order valence-electron chi connectivity index (χ2n) is 2.83. The molecular weight excluding hydrogens is 320 g/mol. The molecule has 0 bridgehead atoms. The summed E-state index contributed by atoms with van der Waals surface area (Å²) >= 11 is 14.4. The summed E-state index contributed by atoms with van der Waals surface area (Å²) < 4.78 is 13.8. The number of aromatic nitrogens is 3. The van der Waals surface area contributed by atoms with Crippen molar-refractivity contribution in [1.82, 2.24) is 15.0 Å². The number of pyridine rings is 1. The summed E-state index contributed by atoms with van der Waals surface area (Å²) in [5, 5.41) is -0.620. The van der Waals surface area contributed by atoms with Crippen LogP contribution in [-0.2, 0) is 0 Å². The quantitative estimate of drug-likeness (QED) is 0.751. The molecule has 2 aromatic heterocycles. The van der Waals surface area contributed by atoms with Crippen molar-refractivity contribution in [2.45, 2.75) is 0 Å². The third-order valence-electron chi connectivity index (χ3n) is 1.73. The van der Waals surface area contributed by atoms with Gasteiger partial charge in [0, 0.05) is 22.4 Å². The molecule has 16 heavy (non-hydrogen) atoms. The fourth-order valence-corrected chi connectivity index (χ4v) is 1.81. The molecule has 2 rings (SSSR count). The van der Waals surface area contributed by atoms with Crippen LogP contribution in [-0.4, -0.2) is 15.0 Å². The van der Waals surface area contributed by atoms with Crippen LogP contribution in [0.15, 0.2) is 22.9 Å². The van der Waals surface area contributed by atoms with Crippen molar-refractivity contribution >= 4 is 39.1 Å². The molecule has 0 amide bonds. The molecule has 82 valence electrons. The van der Waals surface area contributed by atoms with E-state index in [0.717, 1.165) is 4.47 Å². The molecule has 0 spiro atoms. The van der Waals surface area contributed by atoms with Gasteiger partial charge in [0.15, 0.2) is 21.9 Å². The Morgan fingerprint density at radius 1 is 1.12 bits per heavy atom. The van der Waals surface area contributed by atoms with E-state index in [2.05, 4.69) is 30.9 Å². The Balaban J connectivity index is 2.57. The molecule has 0 aromatic carbocycles. The van der Waals surface area contributed by atoms with Gasteiger partial charge in [0.05, 0.1) is 0 Å². The molecule has 2 heterocycles. The van der Waals surface area contributed by atoms with Crippen LogP contribution < -0.4 is 0 Å². The maximum atomic E-state index is 13.1. The highest BCUT2D eigenvalue weighted by atomic mass is 79.9. The summed E-state index contributed by atoms with van der Waals surface area (Å²) in [6.45, 7) is 0. The van der Waals surface area contributed by atoms with Crippen LogP contribution in [0.4, 0.5) is 4.39 Å². The van der Waals surface area contributed by atoms with Gasteiger partial charge in [0.1, 0.15) is 0 Å². The van der Waals surface area contributed by atoms with E-state index in [1.54, 1.807) is 12.3 Å². The molecule has 0 fully saturated rings. The highest BCUT2D eigenvalue weighted by molar-refractivity contribution is 9.10. The summed E-state index contributed by atoms with van der Waals surface area (Å²) in [7, 11) is 0. The standard InChI is InChI=1S/C9H3BrCl2FN3/c10-5-1-4(2-14-3-5)9-15-7(11)6(13)8(12)16-9/h1-3H. The molecule has 2 aromatic rings. The van der Waals surface area contributed by atoms with Crippen LogP contribution in [0, 0.1) is 5.82 Å². The van der Waals surface area contributed by atoms with E-state index < -0.39 is 5.82 Å². The first kappa shape index (κ1) is 11.7. The third-order valence-corrected chi connectivity index (χ3v) is 2.67. The van der Waals surface area contributed by atoms with Crippen molar-refractivity contribution in [2.24, 2.45) is 0 Å². The number of rotatable bonds is 1. The second kappa shape index (κ2) is 4.61. The van der Waals surface area contributed by atoms with Crippen LogP contribution >= 0.6 is 39.1 Å². The minimum Gasteiger partial charge on any atom is -0.263 e. The average Bonchev–Trinajstić information content (AvgIpc) is 2.25. The Kier molecular flexibility index (Phi) is 3.37. The Hall–Kier alpha value is -0.780. The fourth-order valence-electron chi connectivity index (χ4n) is 1.06. The average molecular weight is 323 g/mol. The third kappa shape index (κ3) is 2.31. The lowest BCUT2D eigenvalue weighted by Crippen LogP contribution is -1.95. The van der Waals surface area contributed by atoms with Crippen LogP contribution in [0.2, 0.25) is 10.3 Å². The van der Waals surface area contributed by atoms with Gasteiger partial charge >= 0.3 is 0 Å². The van der Waals surface area contributed by atoms with E-state index >= 15 is 0 Å². The molecular formula is C9H3BrCl2FN3. The molecule has 0 unspecified atom stereocenters. The minimum absolute atomic E-state index is 0.227. The second-order valence-corrected chi connectivity index (χ2v) is 4.47. The Morgan fingerprint density at radius 3 is 2.31 bits per heavy atom. The lowest BCUT2D eigenvalue weighted by molar-refractivity contribution is 0.615. The number of halogens is 4. The monoisotopic (exact) mass is 321 g/mol. The SMILES string of the molecule is Fc1c(Cl)nc(-c2cncc(Br)c2)nc1Cl. The molecule has 0 aliphatic rings. The highest BCUT2D eigenvalue weighted by Gasteiger charge is 2.12. The maximum Gasteiger partial charge on any atom is 0.197 e. The summed E-state index contributed by atoms with van der Waals surface area (Å²) in [6.07, 6.45) is 3.14. The van der Waals surface area contributed by atoms with Gasteiger partial charge < -0.3 is 0 Å². The number of hydrogen-bond donors (Lipinski definition) is 0. The van der Waals surface area contributed by atoms with E-state index in [1.165, 1.54) is 6.20 Å². The molecule has 0 radical (unpaired) electrons. The topological polar surface area (TPSA) is 38.7 Å². The number of nitrogens with zero attached hydrogens (tertiary/aromatic N) is 3. The van der Waals surface area contributed by atoms with Crippen molar-refractivity contribution in [2.75, 3.05) is 0 Å². The van der Waals surface area contributed by atoms with Gasteiger partial charge in [0.25, 0.3) is 0 Å². The van der Waals surface area contributed by atoms with Gasteiger partial charge in [-0.2, -0.15) is 0 Å². The van der Waals surface area contributed by atoms with Crippen molar-refractivity contribution in [1.29, 1.82) is 0 Å². The normalized spacial score (nSPS) is 10.5. The molecule has 7 heteroatoms. The summed E-state index contributed by atoms with van der Waals surface area (Å²) in [5.41, 5.74) is 0.596. The molecule has 3 nitrogen and oxygen atoms in total. The van der Waals surface area contributed by atoms with E-state index in [0.29, 0.717) is 5.56 Å². The maximum absolute atomic E-state index is 13.1. The van der Waals surface area contributed by atoms with E-state index in [-0.39, 0.29) is 16.1 Å². The first-order valence-corrected chi connectivity index (χ1v) is 5.62. The Bertz CT molecular complexity index is 527.